The van der Waals surface area contributed by atoms with Crippen LogP contribution < -0.4 is 4.90 Å². The average Bonchev–Trinajstić information content (AvgIpc) is 3.29. The van der Waals surface area contributed by atoms with E-state index in [1.165, 1.54) is 5.56 Å². The van der Waals surface area contributed by atoms with Gasteiger partial charge in [0.25, 0.3) is 0 Å². The van der Waals surface area contributed by atoms with E-state index >= 15 is 0 Å². The molecule has 10 nitrogen and oxygen atoms in total. The number of ether oxygens (including phenoxy) is 6. The van der Waals surface area contributed by atoms with Crippen molar-refractivity contribution in [3.05, 3.63) is 197 Å². The van der Waals surface area contributed by atoms with Crippen molar-refractivity contribution in [1.82, 2.24) is 0 Å². The molecule has 10 heteroatoms. The van der Waals surface area contributed by atoms with Crippen LogP contribution in [0.25, 0.3) is 11.6 Å². The molecule has 0 aromatic heterocycles. The fourth-order valence-electron chi connectivity index (χ4n) is 6.18. The summed E-state index contributed by atoms with van der Waals surface area (Å²) in [5, 5.41) is 0. The van der Waals surface area contributed by atoms with Gasteiger partial charge in [-0.15, -0.1) is 0 Å². The van der Waals surface area contributed by atoms with Crippen LogP contribution in [0.15, 0.2) is 158 Å². The van der Waals surface area contributed by atoms with E-state index in [4.69, 9.17) is 28.4 Å². The molecule has 5 rings (SSSR count). The standard InChI is InChI=1S/C54H57NO9/c1-38(2)52(56)62-31-28-59-35-43-10-20-47(21-11-43)51(46-18-8-41(7)9-19-46)34-42-12-22-48(23-13-42)55(49-24-14-44(15-25-49)36-60-29-32-63-53(57)39(3)4)50-26-16-45(17-27-50)37-61-30-33-64-54(58)40(5)6/h8-27,34H,1,3,5,28-33,35-37H2,2,4,6-7H3/b51-34+. The minimum absolute atomic E-state index is 0.152. The first-order valence-corrected chi connectivity index (χ1v) is 21.0. The van der Waals surface area contributed by atoms with Gasteiger partial charge in [-0.25, -0.2) is 14.4 Å². The van der Waals surface area contributed by atoms with Crippen molar-refractivity contribution in [3.8, 4) is 0 Å². The molecule has 0 aliphatic heterocycles. The smallest absolute Gasteiger partial charge is 0.333 e. The van der Waals surface area contributed by atoms with Crippen molar-refractivity contribution >= 4 is 46.6 Å². The van der Waals surface area contributed by atoms with Gasteiger partial charge in [0.15, 0.2) is 0 Å². The van der Waals surface area contributed by atoms with Gasteiger partial charge in [0.1, 0.15) is 19.8 Å². The Bertz CT molecular complexity index is 2300. The Morgan fingerprint density at radius 1 is 0.453 bits per heavy atom. The highest BCUT2D eigenvalue weighted by atomic mass is 16.6. The lowest BCUT2D eigenvalue weighted by Crippen LogP contribution is -2.12. The Labute approximate surface area is 377 Å². The number of carbonyl (C=O) groups excluding carboxylic acids is 3. The van der Waals surface area contributed by atoms with Gasteiger partial charge in [-0.05, 0) is 109 Å². The first-order chi connectivity index (χ1) is 30.9. The van der Waals surface area contributed by atoms with E-state index in [0.29, 0.717) is 43.1 Å². The van der Waals surface area contributed by atoms with Gasteiger partial charge in [0, 0.05) is 33.8 Å². The highest BCUT2D eigenvalue weighted by Gasteiger charge is 2.14. The highest BCUT2D eigenvalue weighted by Crippen LogP contribution is 2.36. The van der Waals surface area contributed by atoms with Crippen molar-refractivity contribution in [1.29, 1.82) is 0 Å². The molecule has 0 aliphatic rings. The van der Waals surface area contributed by atoms with Crippen molar-refractivity contribution < 1.29 is 42.8 Å². The van der Waals surface area contributed by atoms with E-state index in [0.717, 1.165) is 56.0 Å². The molecule has 0 fully saturated rings. The Kier molecular flexibility index (Phi) is 18.6. The minimum atomic E-state index is -0.433. The summed E-state index contributed by atoms with van der Waals surface area (Å²) in [7, 11) is 0. The van der Waals surface area contributed by atoms with Gasteiger partial charge in [0.05, 0.1) is 39.6 Å². The number of anilines is 3. The summed E-state index contributed by atoms with van der Waals surface area (Å²) in [6.07, 6.45) is 2.20. The van der Waals surface area contributed by atoms with E-state index in [1.54, 1.807) is 20.8 Å². The number of benzene rings is 5. The molecule has 0 bridgehead atoms. The monoisotopic (exact) mass is 863 g/mol. The van der Waals surface area contributed by atoms with Crippen LogP contribution in [-0.2, 0) is 62.6 Å². The minimum Gasteiger partial charge on any atom is -0.460 e. The van der Waals surface area contributed by atoms with E-state index in [2.05, 4.69) is 135 Å². The molecule has 5 aromatic carbocycles. The van der Waals surface area contributed by atoms with Crippen LogP contribution in [0.5, 0.6) is 0 Å². The summed E-state index contributed by atoms with van der Waals surface area (Å²) in [6.45, 7) is 20.1. The first kappa shape index (κ1) is 48.2. The second-order valence-electron chi connectivity index (χ2n) is 15.3. The molecule has 0 N–H and O–H groups in total. The Balaban J connectivity index is 1.35. The topological polar surface area (TPSA) is 110 Å². The number of hydrogen-bond donors (Lipinski definition) is 0. The summed E-state index contributed by atoms with van der Waals surface area (Å²) < 4.78 is 32.7. The molecule has 0 unspecified atom stereocenters. The Morgan fingerprint density at radius 2 is 0.766 bits per heavy atom. The van der Waals surface area contributed by atoms with Gasteiger partial charge in [-0.3, -0.25) is 0 Å². The number of rotatable bonds is 24. The van der Waals surface area contributed by atoms with Gasteiger partial charge in [-0.1, -0.05) is 110 Å². The molecular formula is C54H57NO9. The highest BCUT2D eigenvalue weighted by molar-refractivity contribution is 5.92. The van der Waals surface area contributed by atoms with Gasteiger partial charge in [0.2, 0.25) is 0 Å². The van der Waals surface area contributed by atoms with Gasteiger partial charge >= 0.3 is 17.9 Å². The van der Waals surface area contributed by atoms with E-state index in [-0.39, 0.29) is 33.0 Å². The zero-order chi connectivity index (χ0) is 45.8. The maximum absolute atomic E-state index is 11.7. The zero-order valence-corrected chi connectivity index (χ0v) is 37.2. The molecule has 0 aliphatic carbocycles. The van der Waals surface area contributed by atoms with Gasteiger partial charge < -0.3 is 33.3 Å². The lowest BCUT2D eigenvalue weighted by Gasteiger charge is -2.26. The maximum Gasteiger partial charge on any atom is 0.333 e. The van der Waals surface area contributed by atoms with E-state index in [9.17, 15) is 14.4 Å². The summed E-state index contributed by atoms with van der Waals surface area (Å²) in [5.41, 5.74) is 12.3. The summed E-state index contributed by atoms with van der Waals surface area (Å²) >= 11 is 0. The largest absolute Gasteiger partial charge is 0.460 e. The fraction of sp³-hybridized carbons (Fsp3) is 0.241. The number of carbonyl (C=O) groups is 3. The van der Waals surface area contributed by atoms with Crippen molar-refractivity contribution in [2.45, 2.75) is 47.5 Å². The molecule has 0 amide bonds. The lowest BCUT2D eigenvalue weighted by molar-refractivity contribution is -0.141. The third-order valence-corrected chi connectivity index (χ3v) is 9.71. The average molecular weight is 864 g/mol. The molecule has 0 radical (unpaired) electrons. The zero-order valence-electron chi connectivity index (χ0n) is 37.2. The number of hydrogen-bond acceptors (Lipinski definition) is 10. The molecule has 0 heterocycles. The molecule has 0 atom stereocenters. The lowest BCUT2D eigenvalue weighted by atomic mass is 9.94. The summed E-state index contributed by atoms with van der Waals surface area (Å²) in [6, 6.07) is 41.6. The quantitative estimate of drug-likeness (QED) is 0.0195. The van der Waals surface area contributed by atoms with Crippen molar-refractivity contribution in [2.75, 3.05) is 44.5 Å². The first-order valence-electron chi connectivity index (χ1n) is 21.0. The second-order valence-corrected chi connectivity index (χ2v) is 15.3. The van der Waals surface area contributed by atoms with Crippen molar-refractivity contribution in [2.24, 2.45) is 0 Å². The summed E-state index contributed by atoms with van der Waals surface area (Å²) in [4.78, 5) is 37.2. The van der Waals surface area contributed by atoms with Crippen LogP contribution in [0.1, 0.15) is 59.7 Å². The van der Waals surface area contributed by atoms with E-state index in [1.807, 2.05) is 24.3 Å². The molecule has 5 aromatic rings. The number of aryl methyl sites for hydroxylation is 1. The van der Waals surface area contributed by atoms with Crippen molar-refractivity contribution in [3.63, 3.8) is 0 Å². The molecular weight excluding hydrogens is 807 g/mol. The Hall–Kier alpha value is -6.85. The molecule has 332 valence electrons. The van der Waals surface area contributed by atoms with Crippen LogP contribution in [0, 0.1) is 6.92 Å². The van der Waals surface area contributed by atoms with Crippen LogP contribution in [0.3, 0.4) is 0 Å². The molecule has 0 spiro atoms. The summed E-state index contributed by atoms with van der Waals surface area (Å²) in [5.74, 6) is -1.29. The van der Waals surface area contributed by atoms with Crippen LogP contribution in [-0.4, -0.2) is 57.5 Å². The fourth-order valence-corrected chi connectivity index (χ4v) is 6.18. The normalized spacial score (nSPS) is 11.1. The second kappa shape index (κ2) is 24.7. The Morgan fingerprint density at radius 3 is 1.11 bits per heavy atom. The molecule has 0 saturated heterocycles. The predicted octanol–water partition coefficient (Wildman–Crippen LogP) is 11.0. The molecule has 64 heavy (non-hydrogen) atoms. The maximum atomic E-state index is 11.7. The third-order valence-electron chi connectivity index (χ3n) is 9.71. The van der Waals surface area contributed by atoms with Crippen LogP contribution in [0.4, 0.5) is 17.1 Å². The van der Waals surface area contributed by atoms with E-state index < -0.39 is 17.9 Å². The van der Waals surface area contributed by atoms with Gasteiger partial charge in [-0.2, -0.15) is 0 Å². The number of nitrogens with zero attached hydrogens (tertiary/aromatic N) is 1. The molecule has 0 saturated carbocycles. The van der Waals surface area contributed by atoms with Crippen LogP contribution >= 0.6 is 0 Å². The predicted molar refractivity (Wildman–Crippen MR) is 252 cm³/mol. The van der Waals surface area contributed by atoms with Crippen LogP contribution in [0.2, 0.25) is 0 Å². The SMILES string of the molecule is C=C(C)C(=O)OCCOCc1ccc(/C(=C/c2ccc(N(c3ccc(COCCOC(=O)C(=C)C)cc3)c3ccc(COCCOC(=O)C(=C)C)cc3)cc2)c2ccc(C)cc2)cc1. The third kappa shape index (κ3) is 15.2. The number of esters is 3.